The van der Waals surface area contributed by atoms with Crippen molar-refractivity contribution in [3.05, 3.63) is 48.0 Å². The molecule has 4 atom stereocenters. The zero-order chi connectivity index (χ0) is 15.7. The first-order valence-electron chi connectivity index (χ1n) is 6.82. The van der Waals surface area contributed by atoms with Crippen LogP contribution in [0, 0.1) is 0 Å². The minimum absolute atomic E-state index is 0.170. The predicted octanol–water partition coefficient (Wildman–Crippen LogP) is -0.761. The van der Waals surface area contributed by atoms with Gasteiger partial charge in [0.15, 0.2) is 6.23 Å². The minimum atomic E-state index is -1.17. The van der Waals surface area contributed by atoms with Crippen LogP contribution in [-0.4, -0.2) is 49.2 Å². The van der Waals surface area contributed by atoms with Crippen LogP contribution in [0.4, 0.5) is 0 Å². The van der Waals surface area contributed by atoms with Gasteiger partial charge >= 0.3 is 0 Å². The summed E-state index contributed by atoms with van der Waals surface area (Å²) in [6.07, 6.45) is -2.03. The van der Waals surface area contributed by atoms with Gasteiger partial charge < -0.3 is 20.7 Å². The molecule has 1 aliphatic rings. The molecule has 0 unspecified atom stereocenters. The van der Waals surface area contributed by atoms with Crippen molar-refractivity contribution in [3.8, 4) is 0 Å². The SMILES string of the molecule is NC(=O)c1ncn([C@@H]2O[C@H](Cc3ccccc3)[C@@H](O)[C@H]2O)n1. The Labute approximate surface area is 126 Å². The summed E-state index contributed by atoms with van der Waals surface area (Å²) in [4.78, 5) is 14.7. The number of rotatable bonds is 4. The first-order valence-corrected chi connectivity index (χ1v) is 6.82. The number of benzene rings is 1. The van der Waals surface area contributed by atoms with Crippen LogP contribution in [0.2, 0.25) is 0 Å². The van der Waals surface area contributed by atoms with Gasteiger partial charge in [0, 0.05) is 6.42 Å². The van der Waals surface area contributed by atoms with Gasteiger partial charge in [-0.05, 0) is 5.56 Å². The summed E-state index contributed by atoms with van der Waals surface area (Å²) in [5.74, 6) is -0.940. The van der Waals surface area contributed by atoms with Gasteiger partial charge in [-0.3, -0.25) is 4.79 Å². The molecule has 116 valence electrons. The number of nitrogens with two attached hydrogens (primary N) is 1. The first-order chi connectivity index (χ1) is 10.6. The number of aliphatic hydroxyl groups excluding tert-OH is 2. The summed E-state index contributed by atoms with van der Waals surface area (Å²) in [6.45, 7) is 0. The predicted molar refractivity (Wildman–Crippen MR) is 74.6 cm³/mol. The number of hydrogen-bond donors (Lipinski definition) is 3. The van der Waals surface area contributed by atoms with E-state index < -0.39 is 30.4 Å². The van der Waals surface area contributed by atoms with E-state index in [1.807, 2.05) is 30.3 Å². The highest BCUT2D eigenvalue weighted by Gasteiger charge is 2.44. The fraction of sp³-hybridized carbons (Fsp3) is 0.357. The number of carbonyl (C=O) groups excluding carboxylic acids is 1. The van der Waals surface area contributed by atoms with Crippen molar-refractivity contribution in [1.82, 2.24) is 14.8 Å². The van der Waals surface area contributed by atoms with Gasteiger partial charge in [0.1, 0.15) is 18.5 Å². The van der Waals surface area contributed by atoms with Crippen LogP contribution in [-0.2, 0) is 11.2 Å². The molecule has 3 rings (SSSR count). The van der Waals surface area contributed by atoms with Crippen LogP contribution in [0.1, 0.15) is 22.4 Å². The first kappa shape index (κ1) is 14.6. The molecule has 0 aliphatic carbocycles. The van der Waals surface area contributed by atoms with Crippen molar-refractivity contribution in [3.63, 3.8) is 0 Å². The standard InChI is InChI=1S/C14H16N4O4/c15-12(21)13-16-7-18(17-13)14-11(20)10(19)9(22-14)6-8-4-2-1-3-5-8/h1-5,7,9-11,14,19-20H,6H2,(H2,15,21)/t9-,10-,11-,14-/m1/s1. The molecule has 1 saturated heterocycles. The minimum Gasteiger partial charge on any atom is -0.388 e. The van der Waals surface area contributed by atoms with Crippen LogP contribution < -0.4 is 5.73 Å². The Morgan fingerprint density at radius 3 is 2.64 bits per heavy atom. The largest absolute Gasteiger partial charge is 0.388 e. The molecule has 0 bridgehead atoms. The monoisotopic (exact) mass is 304 g/mol. The Morgan fingerprint density at radius 2 is 2.00 bits per heavy atom. The van der Waals surface area contributed by atoms with Gasteiger partial charge in [-0.1, -0.05) is 30.3 Å². The number of ether oxygens (including phenoxy) is 1. The number of carbonyl (C=O) groups is 1. The molecule has 22 heavy (non-hydrogen) atoms. The van der Waals surface area contributed by atoms with Gasteiger partial charge in [0.2, 0.25) is 5.82 Å². The molecule has 1 amide bonds. The van der Waals surface area contributed by atoms with E-state index in [-0.39, 0.29) is 5.82 Å². The fourth-order valence-corrected chi connectivity index (χ4v) is 2.47. The summed E-state index contributed by atoms with van der Waals surface area (Å²) in [5.41, 5.74) is 6.07. The number of hydrogen-bond acceptors (Lipinski definition) is 6. The summed E-state index contributed by atoms with van der Waals surface area (Å²) in [6, 6.07) is 9.50. The second-order valence-corrected chi connectivity index (χ2v) is 5.15. The van der Waals surface area contributed by atoms with Crippen molar-refractivity contribution in [2.24, 2.45) is 5.73 Å². The molecule has 1 aromatic heterocycles. The van der Waals surface area contributed by atoms with Gasteiger partial charge in [0.25, 0.3) is 5.91 Å². The molecule has 0 radical (unpaired) electrons. The molecule has 0 saturated carbocycles. The number of primary amides is 1. The zero-order valence-corrected chi connectivity index (χ0v) is 11.6. The molecule has 2 heterocycles. The lowest BCUT2D eigenvalue weighted by atomic mass is 10.0. The highest BCUT2D eigenvalue weighted by Crippen LogP contribution is 2.30. The van der Waals surface area contributed by atoms with Crippen LogP contribution >= 0.6 is 0 Å². The summed E-state index contributed by atoms with van der Waals surface area (Å²) in [5, 5.41) is 24.1. The maximum absolute atomic E-state index is 11.0. The van der Waals surface area contributed by atoms with Gasteiger partial charge in [0.05, 0.1) is 6.10 Å². The Hall–Kier alpha value is -2.29. The number of amides is 1. The normalized spacial score (nSPS) is 27.9. The number of nitrogens with zero attached hydrogens (tertiary/aromatic N) is 3. The second-order valence-electron chi connectivity index (χ2n) is 5.15. The molecule has 1 aromatic carbocycles. The highest BCUT2D eigenvalue weighted by atomic mass is 16.6. The third kappa shape index (κ3) is 2.71. The Kier molecular flexibility index (Phi) is 3.88. The van der Waals surface area contributed by atoms with E-state index in [2.05, 4.69) is 10.1 Å². The average molecular weight is 304 g/mol. The van der Waals surface area contributed by atoms with E-state index in [0.29, 0.717) is 6.42 Å². The lowest BCUT2D eigenvalue weighted by Gasteiger charge is -2.14. The average Bonchev–Trinajstić information content (AvgIpc) is 3.09. The van der Waals surface area contributed by atoms with Gasteiger partial charge in [-0.2, -0.15) is 0 Å². The van der Waals surface area contributed by atoms with Gasteiger partial charge in [-0.25, -0.2) is 9.67 Å². The second kappa shape index (κ2) is 5.84. The van der Waals surface area contributed by atoms with Crippen LogP contribution in [0.5, 0.6) is 0 Å². The van der Waals surface area contributed by atoms with Crippen molar-refractivity contribution >= 4 is 5.91 Å². The van der Waals surface area contributed by atoms with Crippen molar-refractivity contribution < 1.29 is 19.7 Å². The van der Waals surface area contributed by atoms with E-state index in [1.165, 1.54) is 11.0 Å². The molecule has 4 N–H and O–H groups in total. The Bertz CT molecular complexity index is 660. The highest BCUT2D eigenvalue weighted by molar-refractivity contribution is 5.88. The van der Waals surface area contributed by atoms with Crippen molar-refractivity contribution in [1.29, 1.82) is 0 Å². The number of aromatic nitrogens is 3. The molecule has 1 fully saturated rings. The van der Waals surface area contributed by atoms with E-state index in [4.69, 9.17) is 10.5 Å². The molecule has 0 spiro atoms. The fourth-order valence-electron chi connectivity index (χ4n) is 2.47. The molecule has 1 aliphatic heterocycles. The molecule has 8 nitrogen and oxygen atoms in total. The molecular weight excluding hydrogens is 288 g/mol. The third-order valence-electron chi connectivity index (χ3n) is 3.61. The Balaban J connectivity index is 1.75. The Morgan fingerprint density at radius 1 is 1.27 bits per heavy atom. The van der Waals surface area contributed by atoms with Gasteiger partial charge in [-0.15, -0.1) is 5.10 Å². The molecule has 8 heteroatoms. The summed E-state index contributed by atoms with van der Waals surface area (Å²) in [7, 11) is 0. The zero-order valence-electron chi connectivity index (χ0n) is 11.6. The van der Waals surface area contributed by atoms with Crippen molar-refractivity contribution in [2.75, 3.05) is 0 Å². The molecular formula is C14H16N4O4. The summed E-state index contributed by atoms with van der Waals surface area (Å²) >= 11 is 0. The van der Waals surface area contributed by atoms with E-state index in [1.54, 1.807) is 0 Å². The number of aliphatic hydroxyl groups is 2. The van der Waals surface area contributed by atoms with Crippen LogP contribution in [0.15, 0.2) is 36.7 Å². The van der Waals surface area contributed by atoms with E-state index in [9.17, 15) is 15.0 Å². The quantitative estimate of drug-likeness (QED) is 0.682. The van der Waals surface area contributed by atoms with Crippen molar-refractivity contribution in [2.45, 2.75) is 31.0 Å². The molecule has 2 aromatic rings. The summed E-state index contributed by atoms with van der Waals surface area (Å²) < 4.78 is 6.87. The van der Waals surface area contributed by atoms with Crippen LogP contribution in [0.3, 0.4) is 0 Å². The topological polar surface area (TPSA) is 123 Å². The lowest BCUT2D eigenvalue weighted by Crippen LogP contribution is -2.32. The van der Waals surface area contributed by atoms with Crippen LogP contribution in [0.25, 0.3) is 0 Å². The van der Waals surface area contributed by atoms with E-state index in [0.717, 1.165) is 5.56 Å². The third-order valence-corrected chi connectivity index (χ3v) is 3.61. The van der Waals surface area contributed by atoms with E-state index >= 15 is 0 Å². The maximum Gasteiger partial charge on any atom is 0.288 e. The maximum atomic E-state index is 11.0. The lowest BCUT2D eigenvalue weighted by molar-refractivity contribution is -0.0442. The smallest absolute Gasteiger partial charge is 0.288 e.